The number of aromatic nitrogens is 4. The maximum atomic E-state index is 5.75. The van der Waals surface area contributed by atoms with E-state index in [1.807, 2.05) is 0 Å². The van der Waals surface area contributed by atoms with Crippen molar-refractivity contribution in [3.8, 4) is 67.4 Å². The number of rotatable bonds is 5. The average Bonchev–Trinajstić information content (AvgIpc) is 4.13. The van der Waals surface area contributed by atoms with Crippen molar-refractivity contribution in [3.05, 3.63) is 265 Å². The number of fused-ring (bicyclic) bond motifs is 16. The quantitative estimate of drug-likeness (QED) is 0.173. The molecule has 0 N–H and O–H groups in total. The van der Waals surface area contributed by atoms with Crippen LogP contribution in [0.5, 0.6) is 0 Å². The van der Waals surface area contributed by atoms with Crippen LogP contribution in [0.4, 0.5) is 0 Å². The lowest BCUT2D eigenvalue weighted by atomic mass is 9.72. The Labute approximate surface area is 398 Å². The van der Waals surface area contributed by atoms with Crippen molar-refractivity contribution in [1.29, 1.82) is 0 Å². The summed E-state index contributed by atoms with van der Waals surface area (Å²) in [4.78, 5) is 11.2. The van der Waals surface area contributed by atoms with Crippen molar-refractivity contribution in [3.63, 3.8) is 0 Å². The lowest BCUT2D eigenvalue weighted by Gasteiger charge is -2.30. The zero-order valence-corrected chi connectivity index (χ0v) is 37.4. The van der Waals surface area contributed by atoms with Gasteiger partial charge in [-0.05, 0) is 93.0 Å². The van der Waals surface area contributed by atoms with Gasteiger partial charge in [-0.15, -0.1) is 0 Å². The summed E-state index contributed by atoms with van der Waals surface area (Å²) >= 11 is 0. The minimum Gasteiger partial charge on any atom is -0.309 e. The van der Waals surface area contributed by atoms with Gasteiger partial charge in [0.25, 0.3) is 0 Å². The number of nitrogens with zero attached hydrogens (tertiary/aromatic N) is 4. The minimum atomic E-state index is -0.718. The molecule has 3 heterocycles. The Balaban J connectivity index is 1.06. The second-order valence-corrected chi connectivity index (χ2v) is 18.4. The Morgan fingerprint density at radius 3 is 1.28 bits per heavy atom. The first kappa shape index (κ1) is 38.0. The largest absolute Gasteiger partial charge is 0.309 e. The minimum absolute atomic E-state index is 0.718. The molecule has 2 aliphatic rings. The SMILES string of the molecule is c1ccc(-c2nc(-c3ccccc3)c3c(n2)C2(c4ccccc4-c4ccccc42)c2cc(-c4cc(-n5c6ccccc6c6ccccc65)cc(-n5c6ccccc6c6ccccc65)c4)ccc2-3)cc1. The van der Waals surface area contributed by atoms with Gasteiger partial charge in [0, 0.05) is 49.6 Å². The number of benzene rings is 10. The summed E-state index contributed by atoms with van der Waals surface area (Å²) in [5.74, 6) is 0.720. The van der Waals surface area contributed by atoms with Gasteiger partial charge in [-0.3, -0.25) is 0 Å². The highest BCUT2D eigenvalue weighted by atomic mass is 15.0. The summed E-state index contributed by atoms with van der Waals surface area (Å²) < 4.78 is 4.90. The van der Waals surface area contributed by atoms with E-state index in [9.17, 15) is 0 Å². The highest BCUT2D eigenvalue weighted by Gasteiger charge is 2.54. The molecule has 0 atom stereocenters. The van der Waals surface area contributed by atoms with Gasteiger partial charge in [0.2, 0.25) is 0 Å². The van der Waals surface area contributed by atoms with E-state index < -0.39 is 5.41 Å². The molecule has 4 nitrogen and oxygen atoms in total. The third-order valence-electron chi connectivity index (χ3n) is 14.9. The summed E-state index contributed by atoms with van der Waals surface area (Å²) in [6.45, 7) is 0. The van der Waals surface area contributed by atoms with Crippen LogP contribution in [0.1, 0.15) is 22.4 Å². The molecular weight excluding hydrogens is 837 g/mol. The molecule has 15 rings (SSSR count). The fourth-order valence-electron chi connectivity index (χ4n) is 12.1. The molecule has 0 saturated heterocycles. The molecule has 0 unspecified atom stereocenters. The van der Waals surface area contributed by atoms with Crippen molar-refractivity contribution in [2.75, 3.05) is 0 Å². The molecule has 4 heteroatoms. The topological polar surface area (TPSA) is 35.6 Å². The molecule has 69 heavy (non-hydrogen) atoms. The number of hydrogen-bond donors (Lipinski definition) is 0. The Bertz CT molecular complexity index is 3970. The Morgan fingerprint density at radius 2 is 0.754 bits per heavy atom. The Morgan fingerprint density at radius 1 is 0.304 bits per heavy atom. The van der Waals surface area contributed by atoms with Crippen LogP contribution in [0.15, 0.2) is 243 Å². The summed E-state index contributed by atoms with van der Waals surface area (Å²) in [5, 5.41) is 4.94. The molecule has 0 saturated carbocycles. The molecule has 13 aromatic rings. The summed E-state index contributed by atoms with van der Waals surface area (Å²) in [6.07, 6.45) is 0. The van der Waals surface area contributed by atoms with Crippen molar-refractivity contribution >= 4 is 43.6 Å². The first-order chi connectivity index (χ1) is 34.2. The van der Waals surface area contributed by atoms with Crippen LogP contribution in [0.3, 0.4) is 0 Å². The fourth-order valence-corrected chi connectivity index (χ4v) is 12.1. The maximum absolute atomic E-state index is 5.75. The Hall–Kier alpha value is -9.12. The van der Waals surface area contributed by atoms with Gasteiger partial charge in [0.05, 0.1) is 38.9 Å². The van der Waals surface area contributed by atoms with E-state index >= 15 is 0 Å². The standard InChI is InChI=1S/C65H40N4/c1-3-19-41(20-4-1)62-61-53-36-35-43(39-56(53)65(63(61)67-64(66-62)42-21-5-2-6-22-42)54-29-13-7-23-47(54)48-24-8-14-30-55(48)65)44-37-45(68-57-31-15-9-25-49(57)50-26-10-16-32-58(50)68)40-46(38-44)69-59-33-17-11-27-51(59)52-28-12-18-34-60(52)69/h1-40H. The van der Waals surface area contributed by atoms with Gasteiger partial charge >= 0.3 is 0 Å². The van der Waals surface area contributed by atoms with Crippen LogP contribution in [0.2, 0.25) is 0 Å². The van der Waals surface area contributed by atoms with Crippen LogP contribution >= 0.6 is 0 Å². The molecule has 2 aliphatic carbocycles. The van der Waals surface area contributed by atoms with Crippen LogP contribution < -0.4 is 0 Å². The second kappa shape index (κ2) is 14.4. The van der Waals surface area contributed by atoms with E-state index in [0.29, 0.717) is 0 Å². The molecular formula is C65H40N4. The summed E-state index contributed by atoms with van der Waals surface area (Å²) in [6, 6.07) is 88.6. The second-order valence-electron chi connectivity index (χ2n) is 18.4. The fraction of sp³-hybridized carbons (Fsp3) is 0.0154. The molecule has 0 bridgehead atoms. The van der Waals surface area contributed by atoms with Crippen molar-refractivity contribution in [2.24, 2.45) is 0 Å². The third-order valence-corrected chi connectivity index (χ3v) is 14.9. The maximum Gasteiger partial charge on any atom is 0.160 e. The number of para-hydroxylation sites is 4. The van der Waals surface area contributed by atoms with Gasteiger partial charge in [-0.2, -0.15) is 0 Å². The smallest absolute Gasteiger partial charge is 0.160 e. The normalized spacial score (nSPS) is 13.0. The first-order valence-corrected chi connectivity index (χ1v) is 23.7. The van der Waals surface area contributed by atoms with Crippen LogP contribution in [-0.2, 0) is 5.41 Å². The average molecular weight is 877 g/mol. The predicted molar refractivity (Wildman–Crippen MR) is 283 cm³/mol. The molecule has 320 valence electrons. The lowest BCUT2D eigenvalue weighted by molar-refractivity contribution is 0.758. The zero-order valence-electron chi connectivity index (χ0n) is 37.4. The van der Waals surface area contributed by atoms with E-state index in [1.54, 1.807) is 0 Å². The highest BCUT2D eigenvalue weighted by Crippen LogP contribution is 2.64. The first-order valence-electron chi connectivity index (χ1n) is 23.7. The number of hydrogen-bond acceptors (Lipinski definition) is 2. The van der Waals surface area contributed by atoms with Gasteiger partial charge in [0.1, 0.15) is 0 Å². The van der Waals surface area contributed by atoms with E-state index in [-0.39, 0.29) is 0 Å². The van der Waals surface area contributed by atoms with Gasteiger partial charge in [-0.1, -0.05) is 194 Å². The van der Waals surface area contributed by atoms with E-state index in [4.69, 9.17) is 9.97 Å². The Kier molecular flexibility index (Phi) is 7.96. The van der Waals surface area contributed by atoms with Gasteiger partial charge in [0.15, 0.2) is 5.82 Å². The monoisotopic (exact) mass is 876 g/mol. The zero-order chi connectivity index (χ0) is 45.2. The van der Waals surface area contributed by atoms with Crippen molar-refractivity contribution in [2.45, 2.75) is 5.41 Å². The van der Waals surface area contributed by atoms with Crippen LogP contribution in [0.25, 0.3) is 111 Å². The van der Waals surface area contributed by atoms with E-state index in [2.05, 4.69) is 252 Å². The van der Waals surface area contributed by atoms with E-state index in [0.717, 1.165) is 62.0 Å². The molecule has 0 radical (unpaired) electrons. The van der Waals surface area contributed by atoms with Crippen LogP contribution in [0, 0.1) is 0 Å². The molecule has 10 aromatic carbocycles. The molecule has 3 aromatic heterocycles. The highest BCUT2D eigenvalue weighted by molar-refractivity contribution is 6.11. The third kappa shape index (κ3) is 5.28. The van der Waals surface area contributed by atoms with Gasteiger partial charge < -0.3 is 9.13 Å². The van der Waals surface area contributed by atoms with E-state index in [1.165, 1.54) is 71.4 Å². The molecule has 1 spiro atoms. The molecule has 0 amide bonds. The molecule has 0 fully saturated rings. The summed E-state index contributed by atoms with van der Waals surface area (Å²) in [7, 11) is 0. The molecule has 0 aliphatic heterocycles. The summed E-state index contributed by atoms with van der Waals surface area (Å²) in [5.41, 5.74) is 20.8. The van der Waals surface area contributed by atoms with Gasteiger partial charge in [-0.25, -0.2) is 9.97 Å². The van der Waals surface area contributed by atoms with Crippen molar-refractivity contribution in [1.82, 2.24) is 19.1 Å². The predicted octanol–water partition coefficient (Wildman–Crippen LogP) is 16.0. The van der Waals surface area contributed by atoms with Crippen LogP contribution in [-0.4, -0.2) is 19.1 Å². The van der Waals surface area contributed by atoms with Crippen molar-refractivity contribution < 1.29 is 0 Å². The lowest BCUT2D eigenvalue weighted by Crippen LogP contribution is -2.27.